The highest BCUT2D eigenvalue weighted by atomic mass is 35.5. The third kappa shape index (κ3) is 0.777. The normalized spacial score (nSPS) is 46.0. The Morgan fingerprint density at radius 2 is 2.22 bits per heavy atom. The molecule has 4 heteroatoms. The number of alkyl halides is 2. The van der Waals surface area contributed by atoms with Gasteiger partial charge in [0.25, 0.3) is 0 Å². The molecule has 52 valence electrons. The van der Waals surface area contributed by atoms with Gasteiger partial charge >= 0.3 is 0 Å². The van der Waals surface area contributed by atoms with Crippen LogP contribution in [-0.4, -0.2) is 23.8 Å². The molecule has 0 radical (unpaired) electrons. The molecule has 1 saturated carbocycles. The van der Waals surface area contributed by atoms with Crippen molar-refractivity contribution in [3.63, 3.8) is 0 Å². The smallest absolute Gasteiger partial charge is 0.152 e. The van der Waals surface area contributed by atoms with E-state index in [9.17, 15) is 0 Å². The van der Waals surface area contributed by atoms with Gasteiger partial charge < -0.3 is 9.47 Å². The van der Waals surface area contributed by atoms with E-state index in [1.165, 1.54) is 0 Å². The molecule has 1 saturated heterocycles. The molecule has 0 spiro atoms. The van der Waals surface area contributed by atoms with Gasteiger partial charge in [-0.25, -0.2) is 0 Å². The monoisotopic (exact) mass is 168 g/mol. The van der Waals surface area contributed by atoms with Crippen molar-refractivity contribution in [1.82, 2.24) is 0 Å². The van der Waals surface area contributed by atoms with E-state index in [-0.39, 0.29) is 12.0 Å². The predicted octanol–water partition coefficient (Wildman–Crippen LogP) is 1.16. The Kier molecular flexibility index (Phi) is 1.21. The first-order valence-corrected chi connectivity index (χ1v) is 3.55. The summed E-state index contributed by atoms with van der Waals surface area (Å²) in [7, 11) is 0. The van der Waals surface area contributed by atoms with Crippen LogP contribution in [0, 0.1) is 5.92 Å². The molecule has 0 bridgehead atoms. The van der Waals surface area contributed by atoms with Gasteiger partial charge in [0, 0.05) is 5.92 Å². The fourth-order valence-electron chi connectivity index (χ4n) is 1.08. The maximum absolute atomic E-state index is 5.77. The summed E-state index contributed by atoms with van der Waals surface area (Å²) < 4.78 is 9.39. The highest BCUT2D eigenvalue weighted by molar-refractivity contribution is 6.51. The molecule has 9 heavy (non-hydrogen) atoms. The topological polar surface area (TPSA) is 18.5 Å². The maximum Gasteiger partial charge on any atom is 0.152 e. The van der Waals surface area contributed by atoms with Crippen molar-refractivity contribution in [2.24, 2.45) is 5.92 Å². The molecule has 0 N–H and O–H groups in total. The Labute approximate surface area is 63.0 Å². The number of hydrogen-bond acceptors (Lipinski definition) is 2. The van der Waals surface area contributed by atoms with Crippen molar-refractivity contribution in [3.05, 3.63) is 0 Å². The van der Waals surface area contributed by atoms with Gasteiger partial charge in [0.1, 0.15) is 12.9 Å². The molecular formula is C5H6Cl2O2. The summed E-state index contributed by atoms with van der Waals surface area (Å²) in [5, 5.41) is 0. The average Bonchev–Trinajstić information content (AvgIpc) is 2.39. The largest absolute Gasteiger partial charge is 0.355 e. The van der Waals surface area contributed by atoms with Gasteiger partial charge in [-0.15, -0.1) is 0 Å². The number of hydrogen-bond donors (Lipinski definition) is 0. The molecule has 0 amide bonds. The van der Waals surface area contributed by atoms with E-state index >= 15 is 0 Å². The Hall–Kier alpha value is 0.500. The zero-order valence-electron chi connectivity index (χ0n) is 4.64. The van der Waals surface area contributed by atoms with Crippen LogP contribution in [0.5, 0.6) is 0 Å². The molecule has 1 heterocycles. The van der Waals surface area contributed by atoms with Gasteiger partial charge in [0.15, 0.2) is 4.33 Å². The Bertz CT molecular complexity index is 123. The standard InChI is InChI=1S/C5H6Cl2O2/c6-5(7)3-1-8-2-9-4(3)5/h3-4H,1-2H2. The summed E-state index contributed by atoms with van der Waals surface area (Å²) in [5.74, 6) is 0.203. The van der Waals surface area contributed by atoms with Crippen LogP contribution in [0.4, 0.5) is 0 Å². The van der Waals surface area contributed by atoms with Gasteiger partial charge in [-0.2, -0.15) is 0 Å². The lowest BCUT2D eigenvalue weighted by Gasteiger charge is -2.08. The highest BCUT2D eigenvalue weighted by Crippen LogP contribution is 2.56. The zero-order chi connectivity index (χ0) is 6.48. The molecule has 2 aliphatic rings. The lowest BCUT2D eigenvalue weighted by molar-refractivity contribution is -0.103. The first-order valence-electron chi connectivity index (χ1n) is 2.80. The van der Waals surface area contributed by atoms with E-state index in [0.717, 1.165) is 0 Å². The van der Waals surface area contributed by atoms with E-state index in [4.69, 9.17) is 32.7 Å². The fraction of sp³-hybridized carbons (Fsp3) is 1.00. The van der Waals surface area contributed by atoms with Crippen LogP contribution in [0.25, 0.3) is 0 Å². The summed E-state index contributed by atoms with van der Waals surface area (Å²) in [6.07, 6.45) is 0.0228. The molecule has 1 aliphatic heterocycles. The van der Waals surface area contributed by atoms with E-state index in [2.05, 4.69) is 0 Å². The summed E-state index contributed by atoms with van der Waals surface area (Å²) in [5.41, 5.74) is 0. The van der Waals surface area contributed by atoms with E-state index in [1.54, 1.807) is 0 Å². The molecule has 0 aromatic rings. The Morgan fingerprint density at radius 3 is 2.67 bits per heavy atom. The van der Waals surface area contributed by atoms with Gasteiger partial charge in [0.05, 0.1) is 6.61 Å². The van der Waals surface area contributed by atoms with Gasteiger partial charge in [-0.05, 0) is 0 Å². The summed E-state index contributed by atoms with van der Waals surface area (Å²) in [4.78, 5) is 0. The molecule has 2 atom stereocenters. The Morgan fingerprint density at radius 1 is 1.44 bits per heavy atom. The van der Waals surface area contributed by atoms with Crippen molar-refractivity contribution < 1.29 is 9.47 Å². The van der Waals surface area contributed by atoms with Gasteiger partial charge in [0.2, 0.25) is 0 Å². The molecular weight excluding hydrogens is 163 g/mol. The molecule has 2 unspecified atom stereocenters. The van der Waals surface area contributed by atoms with Crippen LogP contribution < -0.4 is 0 Å². The van der Waals surface area contributed by atoms with E-state index in [1.807, 2.05) is 0 Å². The quantitative estimate of drug-likeness (QED) is 0.506. The minimum atomic E-state index is -0.656. The van der Waals surface area contributed by atoms with Crippen molar-refractivity contribution in [3.8, 4) is 0 Å². The minimum Gasteiger partial charge on any atom is -0.355 e. The third-order valence-electron chi connectivity index (χ3n) is 1.76. The second-order valence-corrected chi connectivity index (χ2v) is 3.80. The van der Waals surface area contributed by atoms with Crippen LogP contribution >= 0.6 is 23.2 Å². The first kappa shape index (κ1) is 6.23. The Balaban J connectivity index is 2.06. The van der Waals surface area contributed by atoms with Crippen LogP contribution in [0.1, 0.15) is 0 Å². The third-order valence-corrected chi connectivity index (χ3v) is 2.75. The van der Waals surface area contributed by atoms with Crippen LogP contribution in [0.15, 0.2) is 0 Å². The number of halogens is 2. The van der Waals surface area contributed by atoms with Crippen molar-refractivity contribution in [1.29, 1.82) is 0 Å². The van der Waals surface area contributed by atoms with E-state index < -0.39 is 4.33 Å². The number of fused-ring (bicyclic) bond motifs is 1. The molecule has 0 aromatic carbocycles. The van der Waals surface area contributed by atoms with E-state index in [0.29, 0.717) is 13.4 Å². The molecule has 2 rings (SSSR count). The van der Waals surface area contributed by atoms with Crippen molar-refractivity contribution in [2.75, 3.05) is 13.4 Å². The van der Waals surface area contributed by atoms with Crippen LogP contribution in [0.3, 0.4) is 0 Å². The van der Waals surface area contributed by atoms with Crippen molar-refractivity contribution in [2.45, 2.75) is 10.4 Å². The zero-order valence-corrected chi connectivity index (χ0v) is 6.15. The molecule has 2 fully saturated rings. The van der Waals surface area contributed by atoms with Crippen LogP contribution in [-0.2, 0) is 9.47 Å². The minimum absolute atomic E-state index is 0.0228. The highest BCUT2D eigenvalue weighted by Gasteiger charge is 2.66. The molecule has 2 nitrogen and oxygen atoms in total. The molecule has 1 aliphatic carbocycles. The lowest BCUT2D eigenvalue weighted by Crippen LogP contribution is -2.13. The van der Waals surface area contributed by atoms with Gasteiger partial charge in [-0.3, -0.25) is 0 Å². The van der Waals surface area contributed by atoms with Gasteiger partial charge in [-0.1, -0.05) is 23.2 Å². The fourth-order valence-corrected chi connectivity index (χ4v) is 1.74. The second-order valence-electron chi connectivity index (χ2n) is 2.36. The lowest BCUT2D eigenvalue weighted by atomic mass is 10.4. The summed E-state index contributed by atoms with van der Waals surface area (Å²) >= 11 is 11.5. The first-order chi connectivity index (χ1) is 4.23. The average molecular weight is 169 g/mol. The maximum atomic E-state index is 5.77. The van der Waals surface area contributed by atoms with Crippen molar-refractivity contribution >= 4 is 23.2 Å². The summed E-state index contributed by atoms with van der Waals surface area (Å²) in [6.45, 7) is 0.972. The second kappa shape index (κ2) is 1.76. The predicted molar refractivity (Wildman–Crippen MR) is 33.6 cm³/mol. The number of ether oxygens (including phenoxy) is 2. The SMILES string of the molecule is ClC1(Cl)C2COCOC21. The molecule has 0 aromatic heterocycles. The number of rotatable bonds is 0. The summed E-state index contributed by atoms with van der Waals surface area (Å²) in [6, 6.07) is 0. The van der Waals surface area contributed by atoms with Crippen LogP contribution in [0.2, 0.25) is 0 Å².